The Hall–Kier alpha value is -4.52. The number of nitrogens with zero attached hydrogens (tertiary/aromatic N) is 2. The Bertz CT molecular complexity index is 2270. The lowest BCUT2D eigenvalue weighted by Crippen LogP contribution is -2.57. The summed E-state index contributed by atoms with van der Waals surface area (Å²) in [4.78, 5) is 0. The molecule has 10 N–H and O–H groups in total. The van der Waals surface area contributed by atoms with Gasteiger partial charge in [-0.3, -0.25) is 19.9 Å². The number of hydrazone groups is 2. The average Bonchev–Trinajstić information content (AvgIpc) is 3.05. The number of hydrogen-bond donors (Lipinski definition) is 8. The third-order valence-electron chi connectivity index (χ3n) is 9.16. The Morgan fingerprint density at radius 1 is 0.600 bits per heavy atom. The quantitative estimate of drug-likeness (QED) is 0.0837. The van der Waals surface area contributed by atoms with Gasteiger partial charge in [-0.05, 0) is 34.4 Å². The summed E-state index contributed by atoms with van der Waals surface area (Å²) in [5.74, 6) is 10.9. The van der Waals surface area contributed by atoms with Gasteiger partial charge in [0.15, 0.2) is 9.49 Å². The molecule has 0 saturated carbocycles. The summed E-state index contributed by atoms with van der Waals surface area (Å²) in [6.45, 7) is 0. The van der Waals surface area contributed by atoms with E-state index in [-0.39, 0.29) is 54.8 Å². The van der Waals surface area contributed by atoms with Crippen LogP contribution in [0, 0.1) is 10.8 Å². The lowest BCUT2D eigenvalue weighted by atomic mass is 9.73. The van der Waals surface area contributed by atoms with Crippen molar-refractivity contribution >= 4 is 66.3 Å². The molecule has 0 amide bonds. The molecule has 14 nitrogen and oxygen atoms in total. The summed E-state index contributed by atoms with van der Waals surface area (Å²) in [5, 5.41) is 46.2. The maximum Gasteiger partial charge on any atom is 0.282 e. The molecule has 0 aliphatic heterocycles. The zero-order chi connectivity index (χ0) is 36.6. The number of aliphatic hydroxyl groups is 2. The molecule has 4 atom stereocenters. The van der Waals surface area contributed by atoms with Gasteiger partial charge in [-0.25, -0.2) is 0 Å². The Morgan fingerprint density at radius 3 is 1.24 bits per heavy atom. The lowest BCUT2D eigenvalue weighted by molar-refractivity contribution is 0.196. The molecule has 50 heavy (non-hydrogen) atoms. The number of rotatable bonds is 5. The van der Waals surface area contributed by atoms with Crippen LogP contribution in [-0.2, 0) is 29.7 Å². The summed E-state index contributed by atoms with van der Waals surface area (Å²) >= 11 is 13.5. The first-order chi connectivity index (χ1) is 23.5. The van der Waals surface area contributed by atoms with E-state index in [0.717, 1.165) is 0 Å². The van der Waals surface area contributed by atoms with Crippen molar-refractivity contribution in [2.24, 2.45) is 21.9 Å². The van der Waals surface area contributed by atoms with E-state index < -0.39 is 53.4 Å². The second-order valence-corrected chi connectivity index (χ2v) is 15.5. The van der Waals surface area contributed by atoms with E-state index in [1.54, 1.807) is 0 Å². The average molecular weight is 758 g/mol. The van der Waals surface area contributed by atoms with Gasteiger partial charge in [0.05, 0.1) is 11.4 Å². The summed E-state index contributed by atoms with van der Waals surface area (Å²) in [5.41, 5.74) is -1.92. The number of nitrogens with one attached hydrogen (secondary N) is 2. The second-order valence-electron chi connectivity index (χ2n) is 11.5. The fourth-order valence-corrected chi connectivity index (χ4v) is 10.3. The minimum absolute atomic E-state index is 0.0272. The van der Waals surface area contributed by atoms with Crippen LogP contribution in [0.1, 0.15) is 33.4 Å². The molecule has 2 aliphatic carbocycles. The molecule has 0 fully saturated rings. The highest BCUT2D eigenvalue weighted by molar-refractivity contribution is 7.87. The van der Waals surface area contributed by atoms with Crippen LogP contribution in [0.3, 0.4) is 0 Å². The molecule has 258 valence electrons. The molecule has 6 rings (SSSR count). The zero-order valence-electron chi connectivity index (χ0n) is 25.3. The Morgan fingerprint density at radius 2 is 0.940 bits per heavy atom. The molecule has 4 aromatic rings. The van der Waals surface area contributed by atoms with E-state index in [1.165, 1.54) is 84.9 Å². The maximum atomic E-state index is 13.3. The monoisotopic (exact) mass is 756 g/mol. The van der Waals surface area contributed by atoms with Crippen molar-refractivity contribution in [2.45, 2.75) is 21.7 Å². The van der Waals surface area contributed by atoms with Crippen LogP contribution in [0.5, 0.6) is 0 Å². The number of nitrogens with two attached hydrogens (primary N) is 2. The van der Waals surface area contributed by atoms with Gasteiger partial charge in [-0.2, -0.15) is 27.0 Å². The van der Waals surface area contributed by atoms with E-state index in [0.29, 0.717) is 11.1 Å². The topological polar surface area (TPSA) is 274 Å². The molecule has 0 radical (unpaired) electrons. The molecular formula is C32H26Cl2N6O8S2. The standard InChI is InChI=1S/C32H26Cl2N6O8S2/c33-23-13-15(9-11-21(23)31(49(43,44)45)19-7-3-1-5-17(19)25(35)27(39-37)29(31)41)16-10-12-22(24(34)14-16)32(50(46,47)48)20-8-4-2-6-18(20)26(36)28(40-38)30(32)42/h1-14,29-30,35-36,41-42H,37-38H2,(H,43,44,45)(H,46,47,48)/b35-25?,36-26?,39-27-,40-28+. The van der Waals surface area contributed by atoms with E-state index in [2.05, 4.69) is 10.2 Å². The number of benzene rings is 4. The van der Waals surface area contributed by atoms with Crippen LogP contribution in [0.25, 0.3) is 11.1 Å². The number of hydrogen-bond acceptors (Lipinski definition) is 12. The van der Waals surface area contributed by atoms with Crippen molar-refractivity contribution < 1.29 is 36.2 Å². The molecule has 0 heterocycles. The summed E-state index contributed by atoms with van der Waals surface area (Å²) < 4.78 is 69.4. The third-order valence-corrected chi connectivity index (χ3v) is 12.7. The summed E-state index contributed by atoms with van der Waals surface area (Å²) in [6, 6.07) is 19.3. The Kier molecular flexibility index (Phi) is 8.52. The first-order valence-corrected chi connectivity index (χ1v) is 18.0. The summed E-state index contributed by atoms with van der Waals surface area (Å²) in [7, 11) is -10.6. The van der Waals surface area contributed by atoms with Gasteiger partial charge in [-0.15, -0.1) is 0 Å². The van der Waals surface area contributed by atoms with Crippen LogP contribution >= 0.6 is 23.2 Å². The van der Waals surface area contributed by atoms with E-state index in [9.17, 15) is 36.2 Å². The smallest absolute Gasteiger partial charge is 0.282 e. The first-order valence-electron chi connectivity index (χ1n) is 14.3. The molecule has 0 aromatic heterocycles. The molecule has 4 aromatic carbocycles. The van der Waals surface area contributed by atoms with Gasteiger partial charge >= 0.3 is 0 Å². The van der Waals surface area contributed by atoms with Crippen molar-refractivity contribution in [3.05, 3.63) is 128 Å². The highest BCUT2D eigenvalue weighted by Crippen LogP contribution is 2.51. The van der Waals surface area contributed by atoms with Crippen molar-refractivity contribution in [3.63, 3.8) is 0 Å². The van der Waals surface area contributed by atoms with Crippen LogP contribution in [0.2, 0.25) is 10.0 Å². The lowest BCUT2D eigenvalue weighted by Gasteiger charge is -2.41. The van der Waals surface area contributed by atoms with Crippen LogP contribution in [0.15, 0.2) is 95.1 Å². The normalized spacial score (nSPS) is 25.4. The molecule has 2 aliphatic rings. The fourth-order valence-electron chi connectivity index (χ4n) is 6.96. The van der Waals surface area contributed by atoms with Crippen molar-refractivity contribution in [1.82, 2.24) is 0 Å². The molecular weight excluding hydrogens is 731 g/mol. The number of aliphatic hydroxyl groups excluding tert-OH is 2. The third kappa shape index (κ3) is 4.68. The largest absolute Gasteiger partial charge is 0.384 e. The van der Waals surface area contributed by atoms with Gasteiger partial charge in [0.25, 0.3) is 20.2 Å². The Balaban J connectivity index is 1.55. The minimum Gasteiger partial charge on any atom is -0.384 e. The SMILES string of the molecule is N=C1/C(=N/N)C(O)C(c2ccc(-c3ccc(C4(S(=O)(=O)O)c5ccccc5C(=N)/C(=N\N)C4O)c(Cl)c3)cc2Cl)(S(=O)(=O)O)c2ccccc21. The number of halogens is 2. The molecule has 0 spiro atoms. The number of fused-ring (bicyclic) bond motifs is 2. The van der Waals surface area contributed by atoms with Crippen molar-refractivity contribution in [2.75, 3.05) is 0 Å². The second kappa shape index (κ2) is 12.1. The highest BCUT2D eigenvalue weighted by atomic mass is 35.5. The molecule has 0 bridgehead atoms. The predicted octanol–water partition coefficient (Wildman–Crippen LogP) is 3.04. The van der Waals surface area contributed by atoms with E-state index in [4.69, 9.17) is 45.7 Å². The molecule has 18 heteroatoms. The van der Waals surface area contributed by atoms with Gasteiger partial charge in [-0.1, -0.05) is 96.0 Å². The maximum absolute atomic E-state index is 13.3. The fraction of sp³-hybridized carbons (Fsp3) is 0.125. The predicted molar refractivity (Wildman–Crippen MR) is 188 cm³/mol. The molecule has 0 saturated heterocycles. The van der Waals surface area contributed by atoms with Gasteiger partial charge in [0, 0.05) is 32.3 Å². The highest BCUT2D eigenvalue weighted by Gasteiger charge is 2.61. The van der Waals surface area contributed by atoms with Crippen LogP contribution < -0.4 is 11.7 Å². The van der Waals surface area contributed by atoms with Gasteiger partial charge < -0.3 is 21.9 Å². The Labute approximate surface area is 295 Å². The van der Waals surface area contributed by atoms with Gasteiger partial charge in [0.1, 0.15) is 23.6 Å². The molecule has 4 unspecified atom stereocenters. The van der Waals surface area contributed by atoms with Crippen LogP contribution in [0.4, 0.5) is 0 Å². The van der Waals surface area contributed by atoms with Crippen molar-refractivity contribution in [1.29, 1.82) is 10.8 Å². The van der Waals surface area contributed by atoms with Gasteiger partial charge in [0.2, 0.25) is 0 Å². The first kappa shape index (κ1) is 35.3. The minimum atomic E-state index is -5.28. The van der Waals surface area contributed by atoms with Crippen LogP contribution in [-0.4, -0.2) is 71.2 Å². The van der Waals surface area contributed by atoms with E-state index in [1.807, 2.05) is 0 Å². The summed E-state index contributed by atoms with van der Waals surface area (Å²) in [6.07, 6.45) is -4.32. The zero-order valence-corrected chi connectivity index (χ0v) is 28.4. The van der Waals surface area contributed by atoms with Crippen molar-refractivity contribution in [3.8, 4) is 11.1 Å². The van der Waals surface area contributed by atoms with E-state index >= 15 is 0 Å².